The smallest absolute Gasteiger partial charge is 0.229 e. The predicted octanol–water partition coefficient (Wildman–Crippen LogP) is 4.15. The summed E-state index contributed by atoms with van der Waals surface area (Å²) in [6.45, 7) is 4.72. The highest BCUT2D eigenvalue weighted by atomic mass is 16.2. The van der Waals surface area contributed by atoms with Crippen molar-refractivity contribution in [3.63, 3.8) is 0 Å². The molecule has 1 aliphatic heterocycles. The van der Waals surface area contributed by atoms with Crippen molar-refractivity contribution in [3.8, 4) is 11.1 Å². The average Bonchev–Trinajstić information content (AvgIpc) is 3.17. The van der Waals surface area contributed by atoms with E-state index >= 15 is 0 Å². The van der Waals surface area contributed by atoms with Crippen LogP contribution >= 0.6 is 0 Å². The van der Waals surface area contributed by atoms with Gasteiger partial charge in [0, 0.05) is 41.6 Å². The van der Waals surface area contributed by atoms with E-state index in [0.717, 1.165) is 18.7 Å². The normalized spacial score (nSPS) is 13.8. The second-order valence-corrected chi connectivity index (χ2v) is 6.50. The summed E-state index contributed by atoms with van der Waals surface area (Å²) in [6, 6.07) is 14.9. The molecule has 2 aromatic heterocycles. The molecule has 4 rings (SSSR count). The minimum Gasteiger partial charge on any atom is -0.323 e. The molecule has 0 fully saturated rings. The Morgan fingerprint density at radius 1 is 1.09 bits per heavy atom. The van der Waals surface area contributed by atoms with Crippen molar-refractivity contribution in [1.82, 2.24) is 4.40 Å². The van der Waals surface area contributed by atoms with Crippen molar-refractivity contribution in [2.45, 2.75) is 20.3 Å². The number of rotatable bonds is 2. The third-order valence-corrected chi connectivity index (χ3v) is 4.57. The fraction of sp³-hybridized carbons (Fsp3) is 0.250. The third-order valence-electron chi connectivity index (χ3n) is 4.57. The van der Waals surface area contributed by atoms with Crippen LogP contribution in [-0.2, 0) is 11.2 Å². The van der Waals surface area contributed by atoms with Crippen LogP contribution in [0.5, 0.6) is 0 Å². The summed E-state index contributed by atoms with van der Waals surface area (Å²) in [5, 5.41) is 0. The fourth-order valence-corrected chi connectivity index (χ4v) is 3.34. The van der Waals surface area contributed by atoms with Crippen molar-refractivity contribution in [2.24, 2.45) is 5.92 Å². The molecule has 3 heterocycles. The molecule has 3 aromatic rings. The van der Waals surface area contributed by atoms with Gasteiger partial charge in [0.05, 0.1) is 0 Å². The Bertz CT molecular complexity index is 859. The standard InChI is InChI=1S/C20H20N2O/c1-14(2)20(23)22-10-8-16-11-15(6-7-19(16)22)17-12-18-5-3-4-9-21(18)13-17/h3-7,9,11-14H,8,10H2,1-2H3. The van der Waals surface area contributed by atoms with Gasteiger partial charge in [-0.05, 0) is 47.9 Å². The van der Waals surface area contributed by atoms with E-state index in [9.17, 15) is 4.79 Å². The van der Waals surface area contributed by atoms with Gasteiger partial charge in [0.2, 0.25) is 5.91 Å². The number of fused-ring (bicyclic) bond motifs is 2. The first-order valence-corrected chi connectivity index (χ1v) is 8.15. The minimum atomic E-state index is 0.0393. The molecule has 0 bridgehead atoms. The lowest BCUT2D eigenvalue weighted by atomic mass is 10.0. The van der Waals surface area contributed by atoms with Gasteiger partial charge < -0.3 is 9.30 Å². The van der Waals surface area contributed by atoms with Crippen molar-refractivity contribution in [2.75, 3.05) is 11.4 Å². The van der Waals surface area contributed by atoms with Crippen LogP contribution in [0.3, 0.4) is 0 Å². The van der Waals surface area contributed by atoms with Gasteiger partial charge in [-0.15, -0.1) is 0 Å². The molecule has 0 aliphatic carbocycles. The molecule has 3 heteroatoms. The Kier molecular flexibility index (Phi) is 3.22. The zero-order chi connectivity index (χ0) is 16.0. The second-order valence-electron chi connectivity index (χ2n) is 6.50. The van der Waals surface area contributed by atoms with Crippen molar-refractivity contribution in [1.29, 1.82) is 0 Å². The summed E-state index contributed by atoms with van der Waals surface area (Å²) < 4.78 is 2.14. The SMILES string of the molecule is CC(C)C(=O)N1CCc2cc(-c3cc4ccccn4c3)ccc21. The van der Waals surface area contributed by atoms with Gasteiger partial charge in [0.15, 0.2) is 0 Å². The molecule has 0 saturated carbocycles. The van der Waals surface area contributed by atoms with E-state index in [1.165, 1.54) is 22.2 Å². The monoisotopic (exact) mass is 304 g/mol. The Labute approximate surface area is 136 Å². The maximum Gasteiger partial charge on any atom is 0.229 e. The first-order chi connectivity index (χ1) is 11.1. The maximum absolute atomic E-state index is 12.3. The molecule has 0 spiro atoms. The van der Waals surface area contributed by atoms with Crippen LogP contribution in [0.4, 0.5) is 5.69 Å². The molecule has 0 unspecified atom stereocenters. The lowest BCUT2D eigenvalue weighted by molar-refractivity contribution is -0.121. The Hall–Kier alpha value is -2.55. The molecule has 1 amide bonds. The molecule has 116 valence electrons. The second kappa shape index (κ2) is 5.27. The van der Waals surface area contributed by atoms with E-state index < -0.39 is 0 Å². The number of carbonyl (C=O) groups excluding carboxylic acids is 1. The molecule has 3 nitrogen and oxygen atoms in total. The number of aromatic nitrogens is 1. The van der Waals surface area contributed by atoms with Gasteiger partial charge in [-0.1, -0.05) is 26.0 Å². The number of nitrogens with zero attached hydrogens (tertiary/aromatic N) is 2. The summed E-state index contributed by atoms with van der Waals surface area (Å²) in [7, 11) is 0. The number of anilines is 1. The first kappa shape index (κ1) is 14.1. The van der Waals surface area contributed by atoms with Gasteiger partial charge in [-0.3, -0.25) is 4.79 Å². The van der Waals surface area contributed by atoms with E-state index in [4.69, 9.17) is 0 Å². The van der Waals surface area contributed by atoms with Crippen molar-refractivity contribution >= 4 is 17.1 Å². The molecule has 0 N–H and O–H groups in total. The summed E-state index contributed by atoms with van der Waals surface area (Å²) in [5.41, 5.74) is 5.97. The molecule has 1 aromatic carbocycles. The van der Waals surface area contributed by atoms with Crippen LogP contribution in [0.2, 0.25) is 0 Å². The predicted molar refractivity (Wildman–Crippen MR) is 93.7 cm³/mol. The van der Waals surface area contributed by atoms with Crippen molar-refractivity contribution in [3.05, 3.63) is 60.4 Å². The molecule has 0 saturated heterocycles. The summed E-state index contributed by atoms with van der Waals surface area (Å²) in [4.78, 5) is 14.2. The number of amides is 1. The average molecular weight is 304 g/mol. The van der Waals surface area contributed by atoms with E-state index in [2.05, 4.69) is 53.2 Å². The molecule has 23 heavy (non-hydrogen) atoms. The Morgan fingerprint density at radius 2 is 1.96 bits per heavy atom. The lowest BCUT2D eigenvalue weighted by Gasteiger charge is -2.19. The molecular weight excluding hydrogens is 284 g/mol. The van der Waals surface area contributed by atoms with E-state index in [0.29, 0.717) is 0 Å². The third kappa shape index (κ3) is 2.33. The Balaban J connectivity index is 1.72. The van der Waals surface area contributed by atoms with E-state index in [-0.39, 0.29) is 11.8 Å². The molecule has 1 aliphatic rings. The molecular formula is C20H20N2O. The van der Waals surface area contributed by atoms with Crippen LogP contribution in [-0.4, -0.2) is 16.9 Å². The number of hydrogen-bond acceptors (Lipinski definition) is 1. The maximum atomic E-state index is 12.3. The highest BCUT2D eigenvalue weighted by molar-refractivity contribution is 5.97. The van der Waals surface area contributed by atoms with Gasteiger partial charge in [-0.2, -0.15) is 0 Å². The molecule has 0 radical (unpaired) electrons. The van der Waals surface area contributed by atoms with Crippen LogP contribution < -0.4 is 4.90 Å². The first-order valence-electron chi connectivity index (χ1n) is 8.15. The largest absolute Gasteiger partial charge is 0.323 e. The van der Waals surface area contributed by atoms with Crippen molar-refractivity contribution < 1.29 is 4.79 Å². The summed E-state index contributed by atoms with van der Waals surface area (Å²) >= 11 is 0. The lowest BCUT2D eigenvalue weighted by Crippen LogP contribution is -2.32. The van der Waals surface area contributed by atoms with E-state index in [1.54, 1.807) is 0 Å². The zero-order valence-corrected chi connectivity index (χ0v) is 13.5. The minimum absolute atomic E-state index is 0.0393. The van der Waals surface area contributed by atoms with Crippen LogP contribution in [0.15, 0.2) is 54.9 Å². The summed E-state index contributed by atoms with van der Waals surface area (Å²) in [6.07, 6.45) is 5.16. The highest BCUT2D eigenvalue weighted by Gasteiger charge is 2.26. The number of hydrogen-bond donors (Lipinski definition) is 0. The van der Waals surface area contributed by atoms with Gasteiger partial charge in [0.1, 0.15) is 0 Å². The fourth-order valence-electron chi connectivity index (χ4n) is 3.34. The number of benzene rings is 1. The van der Waals surface area contributed by atoms with Crippen LogP contribution in [0, 0.1) is 5.92 Å². The van der Waals surface area contributed by atoms with Crippen LogP contribution in [0.1, 0.15) is 19.4 Å². The Morgan fingerprint density at radius 3 is 2.74 bits per heavy atom. The van der Waals surface area contributed by atoms with Gasteiger partial charge >= 0.3 is 0 Å². The van der Waals surface area contributed by atoms with Gasteiger partial charge in [0.25, 0.3) is 0 Å². The quantitative estimate of drug-likeness (QED) is 0.698. The highest BCUT2D eigenvalue weighted by Crippen LogP contribution is 2.33. The number of carbonyl (C=O) groups is 1. The van der Waals surface area contributed by atoms with Gasteiger partial charge in [-0.25, -0.2) is 0 Å². The summed E-state index contributed by atoms with van der Waals surface area (Å²) in [5.74, 6) is 0.253. The number of pyridine rings is 1. The zero-order valence-electron chi connectivity index (χ0n) is 13.5. The topological polar surface area (TPSA) is 24.7 Å². The van der Waals surface area contributed by atoms with Crippen LogP contribution in [0.25, 0.3) is 16.6 Å². The molecule has 0 atom stereocenters. The van der Waals surface area contributed by atoms with E-state index in [1.807, 2.05) is 24.8 Å².